The molecule has 0 aliphatic carbocycles. The number of nitrogens with one attached hydrogen (secondary N) is 1. The first kappa shape index (κ1) is 24.2. The number of carbonyl (C=O) groups is 2. The first-order valence-electron chi connectivity index (χ1n) is 11.0. The van der Waals surface area contributed by atoms with Gasteiger partial charge in [0.2, 0.25) is 5.82 Å². The molecule has 35 heavy (non-hydrogen) atoms. The summed E-state index contributed by atoms with van der Waals surface area (Å²) in [5.74, 6) is 0.894. The fraction of sp³-hybridized carbons (Fsp3) is 0.240. The smallest absolute Gasteiger partial charge is 0.302 e. The van der Waals surface area contributed by atoms with Gasteiger partial charge in [0, 0.05) is 23.6 Å². The third kappa shape index (κ3) is 5.60. The zero-order chi connectivity index (χ0) is 24.8. The maximum atomic E-state index is 12.9. The molecule has 2 heterocycles. The summed E-state index contributed by atoms with van der Waals surface area (Å²) in [5.41, 5.74) is 3.05. The predicted octanol–water partition coefficient (Wildman–Crippen LogP) is 4.60. The first-order valence-corrected chi connectivity index (χ1v) is 11.9. The molecule has 1 aromatic heterocycles. The molecule has 1 unspecified atom stereocenters. The third-order valence-electron chi connectivity index (χ3n) is 5.32. The van der Waals surface area contributed by atoms with Crippen molar-refractivity contribution in [2.24, 2.45) is 5.10 Å². The summed E-state index contributed by atoms with van der Waals surface area (Å²) < 4.78 is 10.8. The predicted molar refractivity (Wildman–Crippen MR) is 135 cm³/mol. The minimum Gasteiger partial charge on any atom is -0.493 e. The molecule has 1 N–H and O–H groups in total. The minimum absolute atomic E-state index is 0.0756. The van der Waals surface area contributed by atoms with Gasteiger partial charge in [-0.1, -0.05) is 30.8 Å². The minimum atomic E-state index is -0.410. The number of benzene rings is 2. The maximum absolute atomic E-state index is 12.9. The lowest BCUT2D eigenvalue weighted by molar-refractivity contribution is 0.101. The van der Waals surface area contributed by atoms with Crippen LogP contribution in [-0.2, 0) is 6.54 Å². The number of methoxy groups -OCH3 is 2. The summed E-state index contributed by atoms with van der Waals surface area (Å²) in [6.45, 7) is 2.28. The van der Waals surface area contributed by atoms with Crippen molar-refractivity contribution in [3.63, 3.8) is 0 Å². The van der Waals surface area contributed by atoms with E-state index in [1.807, 2.05) is 37.3 Å². The van der Waals surface area contributed by atoms with E-state index in [-0.39, 0.29) is 22.9 Å². The Labute approximate surface area is 207 Å². The average Bonchev–Trinajstić information content (AvgIpc) is 2.89. The van der Waals surface area contributed by atoms with E-state index in [4.69, 9.17) is 14.6 Å². The molecule has 0 fully saturated rings. The van der Waals surface area contributed by atoms with Crippen molar-refractivity contribution in [1.82, 2.24) is 15.0 Å². The summed E-state index contributed by atoms with van der Waals surface area (Å²) in [6.07, 6.45) is 3.77. The summed E-state index contributed by atoms with van der Waals surface area (Å²) in [5, 5.41) is 8.75. The zero-order valence-corrected chi connectivity index (χ0v) is 20.4. The van der Waals surface area contributed by atoms with Crippen LogP contribution in [0.3, 0.4) is 0 Å². The molecule has 0 bridgehead atoms. The van der Waals surface area contributed by atoms with E-state index >= 15 is 0 Å². The molecule has 1 aliphatic rings. The number of aromatic nitrogens is 2. The number of hydrazone groups is 1. The van der Waals surface area contributed by atoms with Gasteiger partial charge < -0.3 is 14.8 Å². The number of carbonyl (C=O) groups excluding carboxylic acids is 2. The fourth-order valence-corrected chi connectivity index (χ4v) is 4.55. The highest BCUT2D eigenvalue weighted by Crippen LogP contribution is 2.33. The molecule has 1 atom stereocenters. The van der Waals surface area contributed by atoms with E-state index in [9.17, 15) is 9.59 Å². The lowest BCUT2D eigenvalue weighted by Gasteiger charge is -2.28. The van der Waals surface area contributed by atoms with Crippen molar-refractivity contribution < 1.29 is 19.1 Å². The molecular weight excluding hydrogens is 466 g/mol. The maximum Gasteiger partial charge on any atom is 0.302 e. The summed E-state index contributed by atoms with van der Waals surface area (Å²) in [6, 6.07) is 14.5. The van der Waals surface area contributed by atoms with Crippen LogP contribution in [0.4, 0.5) is 10.5 Å². The molecule has 180 valence electrons. The van der Waals surface area contributed by atoms with Gasteiger partial charge in [0.15, 0.2) is 11.5 Å². The average molecular weight is 492 g/mol. The quantitative estimate of drug-likeness (QED) is 0.491. The fourth-order valence-electron chi connectivity index (χ4n) is 3.61. The number of hydrogen-bond donors (Lipinski definition) is 1. The standard InChI is InChI=1S/C25H25N5O4S/c1-4-21-22(17-9-10-19(33-2)20(14-17)34-3)29-30(25(32)35-21)15-16-7-5-8-18(13-16)28-24(31)23-26-11-6-12-27-23/h5-14,21H,4,15H2,1-3H3,(H,28,31). The van der Waals surface area contributed by atoms with Crippen LogP contribution in [0.15, 0.2) is 66.0 Å². The van der Waals surface area contributed by atoms with Gasteiger partial charge in [-0.25, -0.2) is 15.0 Å². The molecule has 0 saturated heterocycles. The Kier molecular flexibility index (Phi) is 7.61. The normalized spacial score (nSPS) is 15.4. The van der Waals surface area contributed by atoms with Crippen LogP contribution in [0.5, 0.6) is 11.5 Å². The molecule has 3 aromatic rings. The molecule has 0 radical (unpaired) electrons. The monoisotopic (exact) mass is 491 g/mol. The van der Waals surface area contributed by atoms with E-state index in [1.54, 1.807) is 32.4 Å². The molecule has 2 amide bonds. The second-order valence-electron chi connectivity index (χ2n) is 7.62. The van der Waals surface area contributed by atoms with Gasteiger partial charge in [-0.3, -0.25) is 9.59 Å². The van der Waals surface area contributed by atoms with Gasteiger partial charge >= 0.3 is 5.24 Å². The van der Waals surface area contributed by atoms with Crippen LogP contribution in [0.1, 0.15) is 35.1 Å². The number of nitrogens with zero attached hydrogens (tertiary/aromatic N) is 4. The van der Waals surface area contributed by atoms with Crippen LogP contribution in [0.25, 0.3) is 0 Å². The Hall–Kier alpha value is -3.92. The van der Waals surface area contributed by atoms with Crippen molar-refractivity contribution in [2.75, 3.05) is 19.5 Å². The molecule has 2 aromatic carbocycles. The highest BCUT2D eigenvalue weighted by Gasteiger charge is 2.30. The second-order valence-corrected chi connectivity index (χ2v) is 8.77. The summed E-state index contributed by atoms with van der Waals surface area (Å²) in [7, 11) is 3.17. The molecule has 4 rings (SSSR count). The number of amides is 2. The highest BCUT2D eigenvalue weighted by atomic mass is 32.2. The van der Waals surface area contributed by atoms with Gasteiger partial charge in [0.25, 0.3) is 5.91 Å². The largest absolute Gasteiger partial charge is 0.493 e. The van der Waals surface area contributed by atoms with Crippen LogP contribution in [0, 0.1) is 0 Å². The number of ether oxygens (including phenoxy) is 2. The summed E-state index contributed by atoms with van der Waals surface area (Å²) in [4.78, 5) is 33.2. The van der Waals surface area contributed by atoms with Gasteiger partial charge in [-0.15, -0.1) is 0 Å². The number of hydrogen-bond acceptors (Lipinski definition) is 8. The summed E-state index contributed by atoms with van der Waals surface area (Å²) >= 11 is 1.25. The van der Waals surface area contributed by atoms with E-state index in [2.05, 4.69) is 15.3 Å². The molecular formula is C25H25N5O4S. The zero-order valence-electron chi connectivity index (χ0n) is 19.6. The Bertz CT molecular complexity index is 1250. The topological polar surface area (TPSA) is 106 Å². The number of thioether (sulfide) groups is 1. The van der Waals surface area contributed by atoms with Crippen molar-refractivity contribution in [2.45, 2.75) is 25.1 Å². The number of rotatable bonds is 8. The molecule has 9 nitrogen and oxygen atoms in total. The van der Waals surface area contributed by atoms with Crippen LogP contribution < -0.4 is 14.8 Å². The van der Waals surface area contributed by atoms with Crippen LogP contribution in [0.2, 0.25) is 0 Å². The Balaban J connectivity index is 1.57. The van der Waals surface area contributed by atoms with E-state index in [1.165, 1.54) is 29.2 Å². The van der Waals surface area contributed by atoms with E-state index in [0.717, 1.165) is 23.3 Å². The van der Waals surface area contributed by atoms with Crippen molar-refractivity contribution >= 4 is 34.3 Å². The third-order valence-corrected chi connectivity index (χ3v) is 6.58. The van der Waals surface area contributed by atoms with Crippen molar-refractivity contribution in [3.8, 4) is 11.5 Å². The Morgan fingerprint density at radius 2 is 1.83 bits per heavy atom. The van der Waals surface area contributed by atoms with Crippen LogP contribution >= 0.6 is 11.8 Å². The molecule has 0 spiro atoms. The van der Waals surface area contributed by atoms with Crippen molar-refractivity contribution in [1.29, 1.82) is 0 Å². The Morgan fingerprint density at radius 1 is 1.06 bits per heavy atom. The van der Waals surface area contributed by atoms with E-state index in [0.29, 0.717) is 17.2 Å². The molecule has 1 aliphatic heterocycles. The molecule has 0 saturated carbocycles. The highest BCUT2D eigenvalue weighted by molar-refractivity contribution is 8.14. The lowest BCUT2D eigenvalue weighted by atomic mass is 10.0. The van der Waals surface area contributed by atoms with Gasteiger partial charge in [-0.05, 0) is 48.4 Å². The van der Waals surface area contributed by atoms with Gasteiger partial charge in [0.1, 0.15) is 0 Å². The number of anilines is 1. The molecule has 10 heteroatoms. The first-order chi connectivity index (χ1) is 17.0. The SMILES string of the molecule is CCC1SC(=O)N(Cc2cccc(NC(=O)c3ncccn3)c2)N=C1c1ccc(OC)c(OC)c1. The van der Waals surface area contributed by atoms with Crippen molar-refractivity contribution in [3.05, 3.63) is 77.9 Å². The van der Waals surface area contributed by atoms with Gasteiger partial charge in [-0.2, -0.15) is 5.10 Å². The lowest BCUT2D eigenvalue weighted by Crippen LogP contribution is -2.34. The van der Waals surface area contributed by atoms with E-state index < -0.39 is 5.91 Å². The van der Waals surface area contributed by atoms with Gasteiger partial charge in [0.05, 0.1) is 31.7 Å². The Morgan fingerprint density at radius 3 is 2.54 bits per heavy atom. The van der Waals surface area contributed by atoms with Crippen LogP contribution in [-0.4, -0.2) is 51.3 Å². The second kappa shape index (κ2) is 11.0.